The smallest absolute Gasteiger partial charge is 0.124 e. The van der Waals surface area contributed by atoms with E-state index in [1.165, 1.54) is 0 Å². The maximum atomic E-state index is 8.90. The van der Waals surface area contributed by atoms with Crippen molar-refractivity contribution in [1.82, 2.24) is 0 Å². The topological polar surface area (TPSA) is 55.5 Å². The molecule has 0 radical (unpaired) electrons. The van der Waals surface area contributed by atoms with Crippen LogP contribution in [0.4, 0.5) is 0 Å². The van der Waals surface area contributed by atoms with E-state index < -0.39 is 0 Å². The number of para-hydroxylation sites is 1. The summed E-state index contributed by atoms with van der Waals surface area (Å²) in [5.74, 6) is 0.756. The Hall–Kier alpha value is -1.06. The first kappa shape index (κ1) is 10.0. The van der Waals surface area contributed by atoms with Gasteiger partial charge < -0.3 is 15.6 Å². The Morgan fingerprint density at radius 2 is 2.15 bits per heavy atom. The van der Waals surface area contributed by atoms with Crippen LogP contribution in [0.5, 0.6) is 5.75 Å². The zero-order valence-electron chi connectivity index (χ0n) is 7.73. The van der Waals surface area contributed by atoms with Crippen molar-refractivity contribution in [3.05, 3.63) is 29.8 Å². The summed E-state index contributed by atoms with van der Waals surface area (Å²) in [6.07, 6.45) is 0. The number of aliphatic hydroxyl groups is 1. The molecule has 0 bridgehead atoms. The maximum Gasteiger partial charge on any atom is 0.124 e. The molecule has 1 aromatic rings. The standard InChI is InChI=1S/C10H15NO2/c1-2-13-10-6-4-3-5-8(10)9(11)7-12/h3-6,9,12H,2,7,11H2,1H3/t9-/m0/s1. The molecule has 0 unspecified atom stereocenters. The van der Waals surface area contributed by atoms with Crippen LogP contribution < -0.4 is 10.5 Å². The van der Waals surface area contributed by atoms with Gasteiger partial charge in [-0.15, -0.1) is 0 Å². The van der Waals surface area contributed by atoms with Crippen LogP contribution in [-0.2, 0) is 0 Å². The average Bonchev–Trinajstić information content (AvgIpc) is 2.18. The summed E-state index contributed by atoms with van der Waals surface area (Å²) in [6.45, 7) is 2.46. The zero-order chi connectivity index (χ0) is 9.68. The fourth-order valence-corrected chi connectivity index (χ4v) is 1.17. The van der Waals surface area contributed by atoms with Crippen LogP contribution in [0.1, 0.15) is 18.5 Å². The summed E-state index contributed by atoms with van der Waals surface area (Å²) in [5.41, 5.74) is 6.55. The fraction of sp³-hybridized carbons (Fsp3) is 0.400. The molecule has 0 aromatic heterocycles. The van der Waals surface area contributed by atoms with E-state index in [0.29, 0.717) is 6.61 Å². The lowest BCUT2D eigenvalue weighted by atomic mass is 10.1. The van der Waals surface area contributed by atoms with Crippen molar-refractivity contribution in [2.75, 3.05) is 13.2 Å². The SMILES string of the molecule is CCOc1ccccc1[C@@H](N)CO. The molecule has 0 saturated carbocycles. The van der Waals surface area contributed by atoms with Gasteiger partial charge in [-0.25, -0.2) is 0 Å². The molecule has 0 aliphatic rings. The minimum absolute atomic E-state index is 0.0654. The Morgan fingerprint density at radius 1 is 1.46 bits per heavy atom. The molecule has 0 heterocycles. The second-order valence-corrected chi connectivity index (χ2v) is 2.76. The van der Waals surface area contributed by atoms with Crippen LogP contribution in [0.15, 0.2) is 24.3 Å². The third-order valence-electron chi connectivity index (χ3n) is 1.82. The van der Waals surface area contributed by atoms with Gasteiger partial charge in [0.2, 0.25) is 0 Å². The van der Waals surface area contributed by atoms with Crippen LogP contribution in [0.25, 0.3) is 0 Å². The summed E-state index contributed by atoms with van der Waals surface area (Å²) < 4.78 is 5.37. The molecule has 0 aliphatic heterocycles. The van der Waals surface area contributed by atoms with E-state index in [1.54, 1.807) is 0 Å². The van der Waals surface area contributed by atoms with Gasteiger partial charge in [-0.3, -0.25) is 0 Å². The lowest BCUT2D eigenvalue weighted by Crippen LogP contribution is -2.15. The number of nitrogens with two attached hydrogens (primary N) is 1. The second kappa shape index (κ2) is 4.84. The Balaban J connectivity index is 2.90. The number of rotatable bonds is 4. The molecule has 13 heavy (non-hydrogen) atoms. The summed E-state index contributed by atoms with van der Waals surface area (Å²) in [6, 6.07) is 7.13. The highest BCUT2D eigenvalue weighted by molar-refractivity contribution is 5.35. The van der Waals surface area contributed by atoms with Crippen LogP contribution in [0.3, 0.4) is 0 Å². The van der Waals surface area contributed by atoms with E-state index in [-0.39, 0.29) is 12.6 Å². The highest BCUT2D eigenvalue weighted by Crippen LogP contribution is 2.22. The quantitative estimate of drug-likeness (QED) is 0.730. The molecular weight excluding hydrogens is 166 g/mol. The summed E-state index contributed by atoms with van der Waals surface area (Å²) >= 11 is 0. The maximum absolute atomic E-state index is 8.90. The molecule has 1 aromatic carbocycles. The first-order valence-electron chi connectivity index (χ1n) is 4.37. The molecular formula is C10H15NO2. The van der Waals surface area contributed by atoms with E-state index in [0.717, 1.165) is 11.3 Å². The summed E-state index contributed by atoms with van der Waals surface area (Å²) in [4.78, 5) is 0. The molecule has 3 heteroatoms. The monoisotopic (exact) mass is 181 g/mol. The number of hydrogen-bond donors (Lipinski definition) is 2. The van der Waals surface area contributed by atoms with Crippen molar-refractivity contribution in [2.24, 2.45) is 5.73 Å². The van der Waals surface area contributed by atoms with Crippen molar-refractivity contribution >= 4 is 0 Å². The molecule has 0 saturated heterocycles. The first-order valence-corrected chi connectivity index (χ1v) is 4.37. The number of hydrogen-bond acceptors (Lipinski definition) is 3. The van der Waals surface area contributed by atoms with Gasteiger partial charge in [-0.1, -0.05) is 18.2 Å². The molecule has 1 rings (SSSR count). The van der Waals surface area contributed by atoms with Gasteiger partial charge in [0, 0.05) is 5.56 Å². The van der Waals surface area contributed by atoms with E-state index in [9.17, 15) is 0 Å². The number of ether oxygens (including phenoxy) is 1. The van der Waals surface area contributed by atoms with Crippen LogP contribution in [0.2, 0.25) is 0 Å². The van der Waals surface area contributed by atoms with Gasteiger partial charge in [0.1, 0.15) is 5.75 Å². The predicted octanol–water partition coefficient (Wildman–Crippen LogP) is 1.08. The zero-order valence-corrected chi connectivity index (χ0v) is 7.73. The molecule has 72 valence electrons. The van der Waals surface area contributed by atoms with Gasteiger partial charge in [-0.05, 0) is 13.0 Å². The first-order chi connectivity index (χ1) is 6.29. The molecule has 3 nitrogen and oxygen atoms in total. The van der Waals surface area contributed by atoms with Gasteiger partial charge in [0.25, 0.3) is 0 Å². The van der Waals surface area contributed by atoms with Gasteiger partial charge in [-0.2, -0.15) is 0 Å². The fourth-order valence-electron chi connectivity index (χ4n) is 1.17. The van der Waals surface area contributed by atoms with Crippen molar-refractivity contribution in [3.63, 3.8) is 0 Å². The molecule has 0 amide bonds. The van der Waals surface area contributed by atoms with E-state index in [4.69, 9.17) is 15.6 Å². The minimum atomic E-state index is -0.359. The highest BCUT2D eigenvalue weighted by atomic mass is 16.5. The van der Waals surface area contributed by atoms with Crippen molar-refractivity contribution in [3.8, 4) is 5.75 Å². The second-order valence-electron chi connectivity index (χ2n) is 2.76. The minimum Gasteiger partial charge on any atom is -0.494 e. The molecule has 3 N–H and O–H groups in total. The largest absolute Gasteiger partial charge is 0.494 e. The van der Waals surface area contributed by atoms with Crippen molar-refractivity contribution in [1.29, 1.82) is 0 Å². The Labute approximate surface area is 78.1 Å². The van der Waals surface area contributed by atoms with Crippen molar-refractivity contribution < 1.29 is 9.84 Å². The predicted molar refractivity (Wildman–Crippen MR) is 51.6 cm³/mol. The molecule has 1 atom stereocenters. The van der Waals surface area contributed by atoms with E-state index in [2.05, 4.69) is 0 Å². The van der Waals surface area contributed by atoms with Gasteiger partial charge >= 0.3 is 0 Å². The molecule has 0 aliphatic carbocycles. The van der Waals surface area contributed by atoms with Crippen molar-refractivity contribution in [2.45, 2.75) is 13.0 Å². The van der Waals surface area contributed by atoms with Crippen LogP contribution >= 0.6 is 0 Å². The molecule has 0 spiro atoms. The van der Waals surface area contributed by atoms with E-state index >= 15 is 0 Å². The van der Waals surface area contributed by atoms with Crippen LogP contribution in [0, 0.1) is 0 Å². The van der Waals surface area contributed by atoms with E-state index in [1.807, 2.05) is 31.2 Å². The lowest BCUT2D eigenvalue weighted by Gasteiger charge is -2.13. The Kier molecular flexibility index (Phi) is 3.73. The summed E-state index contributed by atoms with van der Waals surface area (Å²) in [5, 5.41) is 8.90. The Bertz CT molecular complexity index is 263. The lowest BCUT2D eigenvalue weighted by molar-refractivity contribution is 0.261. The average molecular weight is 181 g/mol. The number of benzene rings is 1. The third kappa shape index (κ3) is 2.44. The van der Waals surface area contributed by atoms with Gasteiger partial charge in [0.15, 0.2) is 0 Å². The van der Waals surface area contributed by atoms with Crippen LogP contribution in [-0.4, -0.2) is 18.3 Å². The summed E-state index contributed by atoms with van der Waals surface area (Å²) in [7, 11) is 0. The highest BCUT2D eigenvalue weighted by Gasteiger charge is 2.09. The van der Waals surface area contributed by atoms with Gasteiger partial charge in [0.05, 0.1) is 19.3 Å². The Morgan fingerprint density at radius 3 is 2.77 bits per heavy atom. The third-order valence-corrected chi connectivity index (χ3v) is 1.82. The normalized spacial score (nSPS) is 12.5. The molecule has 0 fully saturated rings. The number of aliphatic hydroxyl groups excluding tert-OH is 1.